The van der Waals surface area contributed by atoms with Crippen LogP contribution < -0.4 is 0 Å². The molecule has 0 aliphatic rings. The number of carbonyl (C=O) groups excluding carboxylic acids is 1. The molecule has 100 valence electrons. The first-order valence-electron chi connectivity index (χ1n) is 5.44. The number of hydroxylamine groups is 2. The number of nitrogens with zero attached hydrogens (tertiary/aromatic N) is 1. The molecule has 2 atom stereocenters. The lowest BCUT2D eigenvalue weighted by Crippen LogP contribution is -2.27. The lowest BCUT2D eigenvalue weighted by atomic mass is 10.0. The van der Waals surface area contributed by atoms with Gasteiger partial charge < -0.3 is 15.1 Å². The van der Waals surface area contributed by atoms with Gasteiger partial charge in [0.1, 0.15) is 6.10 Å². The molecule has 0 amide bonds. The molecule has 0 aliphatic carbocycles. The Hall–Kier alpha value is -1.47. The van der Waals surface area contributed by atoms with Crippen molar-refractivity contribution in [2.45, 2.75) is 18.6 Å². The Labute approximate surface area is 105 Å². The molecule has 0 spiro atoms. The van der Waals surface area contributed by atoms with E-state index in [2.05, 4.69) is 9.68 Å². The van der Waals surface area contributed by atoms with E-state index < -0.39 is 18.2 Å². The third kappa shape index (κ3) is 4.42. The molecule has 0 saturated carbocycles. The van der Waals surface area contributed by atoms with Gasteiger partial charge in [-0.3, -0.25) is 9.63 Å². The van der Waals surface area contributed by atoms with Crippen LogP contribution in [0.5, 0.6) is 0 Å². The quantitative estimate of drug-likeness (QED) is 0.717. The normalized spacial score (nSPS) is 14.3. The largest absolute Gasteiger partial charge is 0.389 e. The lowest BCUT2D eigenvalue weighted by Gasteiger charge is -2.18. The van der Waals surface area contributed by atoms with Crippen LogP contribution in [0.3, 0.4) is 0 Å². The maximum atomic E-state index is 11.3. The molecule has 0 heterocycles. The molecule has 0 aromatic heterocycles. The smallest absolute Gasteiger partial charge is 0.330 e. The molecule has 1 aromatic carbocycles. The van der Waals surface area contributed by atoms with Crippen molar-refractivity contribution in [2.75, 3.05) is 14.2 Å². The Kier molecular flexibility index (Phi) is 5.73. The average molecular weight is 255 g/mol. The van der Waals surface area contributed by atoms with Gasteiger partial charge in [-0.1, -0.05) is 30.3 Å². The summed E-state index contributed by atoms with van der Waals surface area (Å²) in [7, 11) is 2.74. The van der Waals surface area contributed by atoms with E-state index in [1.165, 1.54) is 14.2 Å². The van der Waals surface area contributed by atoms with Crippen LogP contribution in [0.4, 0.5) is 0 Å². The van der Waals surface area contributed by atoms with Crippen molar-refractivity contribution in [2.24, 2.45) is 0 Å². The first kappa shape index (κ1) is 14.6. The number of benzene rings is 1. The lowest BCUT2D eigenvalue weighted by molar-refractivity contribution is -0.319. The van der Waals surface area contributed by atoms with Gasteiger partial charge in [0.2, 0.25) is 0 Å². The molecule has 1 aromatic rings. The van der Waals surface area contributed by atoms with Crippen LogP contribution >= 0.6 is 0 Å². The number of aliphatic hydroxyl groups is 2. The molecule has 6 heteroatoms. The summed E-state index contributed by atoms with van der Waals surface area (Å²) >= 11 is 0. The zero-order chi connectivity index (χ0) is 13.5. The van der Waals surface area contributed by atoms with Gasteiger partial charge in [-0.15, -0.1) is 0 Å². The topological polar surface area (TPSA) is 79.2 Å². The summed E-state index contributed by atoms with van der Waals surface area (Å²) in [6, 6.07) is 8.61. The van der Waals surface area contributed by atoms with E-state index in [0.717, 1.165) is 5.23 Å². The Bertz CT molecular complexity index is 370. The molecule has 6 nitrogen and oxygen atoms in total. The van der Waals surface area contributed by atoms with E-state index in [1.54, 1.807) is 30.3 Å². The SMILES string of the molecule is CON(C)OC(=O)C[C@@H](O)[C@H](O)c1ccccc1. The van der Waals surface area contributed by atoms with Crippen molar-refractivity contribution in [3.05, 3.63) is 35.9 Å². The Balaban J connectivity index is 2.50. The fraction of sp³-hybridized carbons (Fsp3) is 0.417. The maximum Gasteiger partial charge on any atom is 0.330 e. The van der Waals surface area contributed by atoms with Crippen molar-refractivity contribution in [1.29, 1.82) is 0 Å². The summed E-state index contributed by atoms with van der Waals surface area (Å²) in [6.45, 7) is 0. The van der Waals surface area contributed by atoms with E-state index in [9.17, 15) is 15.0 Å². The van der Waals surface area contributed by atoms with Crippen molar-refractivity contribution in [1.82, 2.24) is 5.23 Å². The van der Waals surface area contributed by atoms with E-state index in [0.29, 0.717) is 5.56 Å². The fourth-order valence-electron chi connectivity index (χ4n) is 1.37. The first-order valence-corrected chi connectivity index (χ1v) is 5.44. The number of carbonyl (C=O) groups is 1. The van der Waals surface area contributed by atoms with Crippen molar-refractivity contribution < 1.29 is 24.7 Å². The molecule has 2 N–H and O–H groups in total. The Morgan fingerprint density at radius 1 is 1.33 bits per heavy atom. The second-order valence-electron chi connectivity index (χ2n) is 3.71. The molecular formula is C12H17NO5. The fourth-order valence-corrected chi connectivity index (χ4v) is 1.37. The second-order valence-corrected chi connectivity index (χ2v) is 3.71. The molecule has 0 saturated heterocycles. The first-order chi connectivity index (χ1) is 8.54. The van der Waals surface area contributed by atoms with Crippen LogP contribution in [0.25, 0.3) is 0 Å². The summed E-state index contributed by atoms with van der Waals surface area (Å²) < 4.78 is 0. The van der Waals surface area contributed by atoms with Gasteiger partial charge in [0, 0.05) is 0 Å². The minimum atomic E-state index is -1.23. The number of hydrogen-bond donors (Lipinski definition) is 2. The molecular weight excluding hydrogens is 238 g/mol. The standard InChI is InChI=1S/C12H17NO5/c1-13(17-2)18-11(15)8-10(14)12(16)9-6-4-3-5-7-9/h3-7,10,12,14,16H,8H2,1-2H3/t10-,12-/m1/s1. The summed E-state index contributed by atoms with van der Waals surface area (Å²) in [5, 5.41) is 20.4. The van der Waals surface area contributed by atoms with Crippen LogP contribution in [0, 0.1) is 0 Å². The van der Waals surface area contributed by atoms with Crippen LogP contribution in [-0.4, -0.2) is 41.7 Å². The monoisotopic (exact) mass is 255 g/mol. The van der Waals surface area contributed by atoms with E-state index >= 15 is 0 Å². The highest BCUT2D eigenvalue weighted by Gasteiger charge is 2.22. The van der Waals surface area contributed by atoms with Gasteiger partial charge in [-0.05, 0) is 10.8 Å². The minimum Gasteiger partial charge on any atom is -0.389 e. The third-order valence-electron chi connectivity index (χ3n) is 2.37. The number of hydrogen-bond acceptors (Lipinski definition) is 6. The predicted octanol–water partition coefficient (Wildman–Crippen LogP) is 0.422. The van der Waals surface area contributed by atoms with Gasteiger partial charge >= 0.3 is 5.97 Å². The number of aliphatic hydroxyl groups excluding tert-OH is 2. The summed E-state index contributed by atoms with van der Waals surface area (Å²) in [4.78, 5) is 20.6. The maximum absolute atomic E-state index is 11.3. The molecule has 0 bridgehead atoms. The molecule has 0 unspecified atom stereocenters. The zero-order valence-corrected chi connectivity index (χ0v) is 10.3. The highest BCUT2D eigenvalue weighted by Crippen LogP contribution is 2.18. The third-order valence-corrected chi connectivity index (χ3v) is 2.37. The van der Waals surface area contributed by atoms with Gasteiger partial charge in [-0.2, -0.15) is 0 Å². The highest BCUT2D eigenvalue weighted by atomic mass is 17.0. The van der Waals surface area contributed by atoms with E-state index in [4.69, 9.17) is 0 Å². The van der Waals surface area contributed by atoms with E-state index in [1.807, 2.05) is 0 Å². The second kappa shape index (κ2) is 7.07. The molecule has 1 rings (SSSR count). The summed E-state index contributed by atoms with van der Waals surface area (Å²) in [5.41, 5.74) is 0.540. The summed E-state index contributed by atoms with van der Waals surface area (Å²) in [5.74, 6) is -0.693. The van der Waals surface area contributed by atoms with Gasteiger partial charge in [0.15, 0.2) is 0 Å². The predicted molar refractivity (Wildman–Crippen MR) is 62.9 cm³/mol. The van der Waals surface area contributed by atoms with Crippen molar-refractivity contribution >= 4 is 5.97 Å². The highest BCUT2D eigenvalue weighted by molar-refractivity contribution is 5.69. The molecule has 0 radical (unpaired) electrons. The van der Waals surface area contributed by atoms with Gasteiger partial charge in [0.25, 0.3) is 0 Å². The van der Waals surface area contributed by atoms with Crippen LogP contribution in [0.2, 0.25) is 0 Å². The minimum absolute atomic E-state index is 0.330. The molecule has 18 heavy (non-hydrogen) atoms. The Morgan fingerprint density at radius 2 is 1.94 bits per heavy atom. The average Bonchev–Trinajstić information content (AvgIpc) is 2.38. The zero-order valence-electron chi connectivity index (χ0n) is 10.3. The van der Waals surface area contributed by atoms with Gasteiger partial charge in [-0.25, -0.2) is 0 Å². The van der Waals surface area contributed by atoms with Crippen molar-refractivity contribution in [3.8, 4) is 0 Å². The van der Waals surface area contributed by atoms with E-state index in [-0.39, 0.29) is 6.42 Å². The van der Waals surface area contributed by atoms with Crippen LogP contribution in [0.15, 0.2) is 30.3 Å². The molecule has 0 fully saturated rings. The Morgan fingerprint density at radius 3 is 2.50 bits per heavy atom. The summed E-state index contributed by atoms with van der Waals surface area (Å²) in [6.07, 6.45) is -2.69. The molecule has 0 aliphatic heterocycles. The number of rotatable bonds is 6. The van der Waals surface area contributed by atoms with Crippen molar-refractivity contribution in [3.63, 3.8) is 0 Å². The van der Waals surface area contributed by atoms with Gasteiger partial charge in [0.05, 0.1) is 26.7 Å². The van der Waals surface area contributed by atoms with Crippen LogP contribution in [0.1, 0.15) is 18.1 Å². The van der Waals surface area contributed by atoms with Crippen LogP contribution in [-0.2, 0) is 14.5 Å².